The zero-order chi connectivity index (χ0) is 15.2. The van der Waals surface area contributed by atoms with Gasteiger partial charge in [0.05, 0.1) is 12.6 Å². The van der Waals surface area contributed by atoms with Crippen LogP contribution in [0.4, 0.5) is 0 Å². The normalized spacial score (nSPS) is 10.8. The van der Waals surface area contributed by atoms with Crippen molar-refractivity contribution < 1.29 is 9.90 Å². The van der Waals surface area contributed by atoms with E-state index in [1.165, 1.54) is 6.21 Å². The third kappa shape index (κ3) is 4.56. The van der Waals surface area contributed by atoms with Gasteiger partial charge in [-0.15, -0.1) is 0 Å². The van der Waals surface area contributed by atoms with Crippen LogP contribution in [0, 0.1) is 10.5 Å². The third-order valence-corrected chi connectivity index (χ3v) is 3.52. The molecular weight excluding hydrogens is 379 g/mol. The van der Waals surface area contributed by atoms with Gasteiger partial charge >= 0.3 is 0 Å². The second kappa shape index (κ2) is 7.21. The molecular formula is C16H15IN2O2. The molecule has 0 heterocycles. The molecule has 0 unspecified atom stereocenters. The summed E-state index contributed by atoms with van der Waals surface area (Å²) < 4.78 is 1.000. The first-order chi connectivity index (χ1) is 10.1. The lowest BCUT2D eigenvalue weighted by Crippen LogP contribution is -2.19. The fourth-order valence-corrected chi connectivity index (χ4v) is 2.66. The molecule has 0 saturated heterocycles. The molecule has 0 aliphatic rings. The summed E-state index contributed by atoms with van der Waals surface area (Å²) in [7, 11) is 0. The number of benzene rings is 2. The number of hydrazone groups is 1. The van der Waals surface area contributed by atoms with E-state index < -0.39 is 0 Å². The topological polar surface area (TPSA) is 61.7 Å². The third-order valence-electron chi connectivity index (χ3n) is 2.90. The van der Waals surface area contributed by atoms with Gasteiger partial charge in [0, 0.05) is 9.13 Å². The summed E-state index contributed by atoms with van der Waals surface area (Å²) in [6.07, 6.45) is 1.73. The average Bonchev–Trinajstić information content (AvgIpc) is 2.45. The lowest BCUT2D eigenvalue weighted by atomic mass is 10.1. The maximum atomic E-state index is 11.7. The summed E-state index contributed by atoms with van der Waals surface area (Å²) in [5, 5.41) is 13.8. The Morgan fingerprint density at radius 2 is 2.05 bits per heavy atom. The van der Waals surface area contributed by atoms with Crippen molar-refractivity contribution >= 4 is 34.7 Å². The van der Waals surface area contributed by atoms with Crippen LogP contribution >= 0.6 is 22.6 Å². The second-order valence-electron chi connectivity index (χ2n) is 4.62. The van der Waals surface area contributed by atoms with Gasteiger partial charge in [0.1, 0.15) is 5.75 Å². The van der Waals surface area contributed by atoms with Gasteiger partial charge in [-0.1, -0.05) is 30.3 Å². The summed E-state index contributed by atoms with van der Waals surface area (Å²) >= 11 is 2.17. The van der Waals surface area contributed by atoms with Crippen molar-refractivity contribution in [2.45, 2.75) is 13.3 Å². The second-order valence-corrected chi connectivity index (χ2v) is 5.86. The van der Waals surface area contributed by atoms with E-state index in [-0.39, 0.29) is 18.1 Å². The molecule has 2 rings (SSSR count). The van der Waals surface area contributed by atoms with Gasteiger partial charge in [-0.3, -0.25) is 4.79 Å². The first-order valence-electron chi connectivity index (χ1n) is 6.41. The zero-order valence-corrected chi connectivity index (χ0v) is 13.7. The number of carbonyl (C=O) groups is 1. The molecule has 0 aliphatic carbocycles. The van der Waals surface area contributed by atoms with Gasteiger partial charge in [0.2, 0.25) is 5.91 Å². The van der Waals surface area contributed by atoms with E-state index in [9.17, 15) is 9.90 Å². The Morgan fingerprint density at radius 1 is 1.33 bits per heavy atom. The van der Waals surface area contributed by atoms with Crippen LogP contribution < -0.4 is 5.43 Å². The molecule has 0 saturated carbocycles. The number of halogens is 1. The van der Waals surface area contributed by atoms with Gasteiger partial charge in [-0.2, -0.15) is 5.10 Å². The molecule has 0 radical (unpaired) electrons. The molecule has 21 heavy (non-hydrogen) atoms. The standard InChI is InChI=1S/C16H15IN2O2/c1-11-7-14(17)9-13(16(11)21)10-18-19-15(20)8-12-5-3-2-4-6-12/h2-7,9-10,21H,8H2,1H3,(H,19,20)/b18-10+. The van der Waals surface area contributed by atoms with Crippen LogP contribution in [0.1, 0.15) is 16.7 Å². The van der Waals surface area contributed by atoms with E-state index in [1.807, 2.05) is 43.3 Å². The molecule has 0 bridgehead atoms. The Labute approximate surface area is 137 Å². The van der Waals surface area contributed by atoms with Gasteiger partial charge in [-0.05, 0) is 52.8 Å². The lowest BCUT2D eigenvalue weighted by molar-refractivity contribution is -0.120. The predicted octanol–water partition coefficient (Wildman–Crippen LogP) is 3.00. The highest BCUT2D eigenvalue weighted by molar-refractivity contribution is 14.1. The predicted molar refractivity (Wildman–Crippen MR) is 91.4 cm³/mol. The van der Waals surface area contributed by atoms with Crippen LogP contribution in [0.15, 0.2) is 47.6 Å². The largest absolute Gasteiger partial charge is 0.507 e. The fraction of sp³-hybridized carbons (Fsp3) is 0.125. The molecule has 0 fully saturated rings. The molecule has 0 aromatic heterocycles. The number of phenols is 1. The van der Waals surface area contributed by atoms with Crippen LogP contribution in [0.5, 0.6) is 5.75 Å². The first kappa shape index (κ1) is 15.5. The van der Waals surface area contributed by atoms with E-state index in [1.54, 1.807) is 6.07 Å². The van der Waals surface area contributed by atoms with E-state index >= 15 is 0 Å². The monoisotopic (exact) mass is 394 g/mol. The maximum absolute atomic E-state index is 11.7. The van der Waals surface area contributed by atoms with Crippen molar-refractivity contribution in [1.29, 1.82) is 0 Å². The van der Waals surface area contributed by atoms with E-state index in [4.69, 9.17) is 0 Å². The van der Waals surface area contributed by atoms with Crippen LogP contribution in [0.2, 0.25) is 0 Å². The minimum atomic E-state index is -0.195. The fourth-order valence-electron chi connectivity index (χ4n) is 1.85. The number of aromatic hydroxyl groups is 1. The molecule has 2 N–H and O–H groups in total. The number of phenolic OH excluding ortho intramolecular Hbond substituents is 1. The lowest BCUT2D eigenvalue weighted by Gasteiger charge is -2.04. The molecule has 1 amide bonds. The SMILES string of the molecule is Cc1cc(I)cc(/C=N/NC(=O)Cc2ccccc2)c1O. The van der Waals surface area contributed by atoms with Crippen LogP contribution in [0.3, 0.4) is 0 Å². The van der Waals surface area contributed by atoms with Crippen LogP contribution in [-0.2, 0) is 11.2 Å². The number of nitrogens with zero attached hydrogens (tertiary/aromatic N) is 1. The van der Waals surface area contributed by atoms with Crippen molar-refractivity contribution in [3.63, 3.8) is 0 Å². The maximum Gasteiger partial charge on any atom is 0.244 e. The van der Waals surface area contributed by atoms with E-state index in [0.717, 1.165) is 14.7 Å². The number of hydrogen-bond acceptors (Lipinski definition) is 3. The molecule has 2 aromatic carbocycles. The highest BCUT2D eigenvalue weighted by Gasteiger charge is 2.05. The molecule has 5 heteroatoms. The molecule has 108 valence electrons. The van der Waals surface area contributed by atoms with E-state index in [2.05, 4.69) is 33.1 Å². The van der Waals surface area contributed by atoms with Crippen molar-refractivity contribution in [2.24, 2.45) is 5.10 Å². The Hall–Kier alpha value is -1.89. The number of nitrogens with one attached hydrogen (secondary N) is 1. The zero-order valence-electron chi connectivity index (χ0n) is 11.5. The Morgan fingerprint density at radius 3 is 2.76 bits per heavy atom. The summed E-state index contributed by atoms with van der Waals surface area (Å²) in [5.41, 5.74) is 4.75. The number of hydrogen-bond donors (Lipinski definition) is 2. The molecule has 0 atom stereocenters. The Balaban J connectivity index is 1.98. The van der Waals surface area contributed by atoms with Gasteiger partial charge < -0.3 is 5.11 Å². The van der Waals surface area contributed by atoms with Crippen LogP contribution in [-0.4, -0.2) is 17.2 Å². The quantitative estimate of drug-likeness (QED) is 0.476. The first-order valence-corrected chi connectivity index (χ1v) is 7.49. The van der Waals surface area contributed by atoms with Crippen molar-refractivity contribution in [1.82, 2.24) is 5.43 Å². The van der Waals surface area contributed by atoms with Crippen LogP contribution in [0.25, 0.3) is 0 Å². The summed E-state index contributed by atoms with van der Waals surface area (Å²) in [6, 6.07) is 13.1. The molecule has 0 aliphatic heterocycles. The van der Waals surface area contributed by atoms with E-state index in [0.29, 0.717) is 5.56 Å². The Kier molecular flexibility index (Phi) is 5.32. The van der Waals surface area contributed by atoms with Crippen molar-refractivity contribution in [3.8, 4) is 5.75 Å². The molecule has 0 spiro atoms. The van der Waals surface area contributed by atoms with Crippen molar-refractivity contribution in [3.05, 3.63) is 62.7 Å². The minimum absolute atomic E-state index is 0.177. The Bertz CT molecular complexity index is 669. The number of aryl methyl sites for hydroxylation is 1. The minimum Gasteiger partial charge on any atom is -0.507 e. The highest BCUT2D eigenvalue weighted by atomic mass is 127. The number of carbonyl (C=O) groups excluding carboxylic acids is 1. The van der Waals surface area contributed by atoms with Gasteiger partial charge in [0.15, 0.2) is 0 Å². The highest BCUT2D eigenvalue weighted by Crippen LogP contribution is 2.23. The summed E-state index contributed by atoms with van der Waals surface area (Å²) in [5.74, 6) is -0.0178. The smallest absolute Gasteiger partial charge is 0.244 e. The van der Waals surface area contributed by atoms with Crippen molar-refractivity contribution in [2.75, 3.05) is 0 Å². The summed E-state index contributed by atoms with van der Waals surface area (Å²) in [4.78, 5) is 11.7. The number of amides is 1. The van der Waals surface area contributed by atoms with Gasteiger partial charge in [0.25, 0.3) is 0 Å². The number of rotatable bonds is 4. The molecule has 2 aromatic rings. The molecule has 4 nitrogen and oxygen atoms in total. The van der Waals surface area contributed by atoms with Gasteiger partial charge in [-0.25, -0.2) is 5.43 Å². The average molecular weight is 394 g/mol. The summed E-state index contributed by atoms with van der Waals surface area (Å²) in [6.45, 7) is 1.82.